The summed E-state index contributed by atoms with van der Waals surface area (Å²) in [7, 11) is 8.83. The summed E-state index contributed by atoms with van der Waals surface area (Å²) in [5, 5.41) is 5.36. The van der Waals surface area contributed by atoms with Crippen LogP contribution in [-0.4, -0.2) is 260 Å². The zero-order chi connectivity index (χ0) is 106. The summed E-state index contributed by atoms with van der Waals surface area (Å²) in [6, 6.07) is 51.7. The molecule has 9 aromatic carbocycles. The van der Waals surface area contributed by atoms with Gasteiger partial charge in [0.05, 0.1) is 151 Å². The number of hydrogen-bond donors (Lipinski definition) is 3. The number of alkyl halides is 3. The summed E-state index contributed by atoms with van der Waals surface area (Å²) in [6.07, 6.45) is -2.36. The molecule has 778 valence electrons. The molecule has 42 heteroatoms. The SMILES string of the molecule is CCOc1ccc(-n2c(C(CCNC(=O)CN(C)C)N(CCN(C)C)C(=O)Cc3ccc(Cl)c(Cl)c3)nc3ccccc3c2=O)cc1.CCOc1ccc(-n2c(C(CCNS(=O)(=O)CC)N(CCN(C)C)C(=O)Cc3ccc(Cl)c(Cl)c3)nc3ccccc3c2=O)cc1.CCOc1ccc(-n2c(C(CCNS(=O)(=O)c3cn(C)cn3)N(CCN(C)C)C(=O)Cc3ccc(C(F)(F)F)c(F)c3)nc3ccccc3c2=O)cc1. The maximum Gasteiger partial charge on any atom is 0.419 e. The van der Waals surface area contributed by atoms with Gasteiger partial charge in [-0.3, -0.25) is 47.3 Å². The molecule has 0 aliphatic heterocycles. The second-order valence-electron chi connectivity index (χ2n) is 35.2. The fraction of sp³-hybridized carbons (Fsp3) is 0.356. The molecule has 13 aromatic rings. The van der Waals surface area contributed by atoms with E-state index >= 15 is 0 Å². The van der Waals surface area contributed by atoms with E-state index in [2.05, 4.69) is 19.7 Å². The number of likely N-dealkylation sites (N-methyl/N-ethyl adjacent to an activating group) is 4. The maximum atomic E-state index is 14.6. The molecule has 3 N–H and O–H groups in total. The summed E-state index contributed by atoms with van der Waals surface area (Å²) < 4.78 is 134. The first-order chi connectivity index (χ1) is 69.5. The number of imidazole rings is 1. The van der Waals surface area contributed by atoms with Crippen molar-refractivity contribution in [3.63, 3.8) is 0 Å². The van der Waals surface area contributed by atoms with Crippen LogP contribution in [0.2, 0.25) is 20.1 Å². The maximum absolute atomic E-state index is 14.6. The lowest BCUT2D eigenvalue weighted by molar-refractivity contribution is -0.140. The number of hydrogen-bond acceptors (Lipinski definition) is 22. The van der Waals surface area contributed by atoms with Crippen LogP contribution in [-0.2, 0) is 71.7 Å². The topological polar surface area (TPSA) is 346 Å². The van der Waals surface area contributed by atoms with Crippen molar-refractivity contribution in [1.29, 1.82) is 0 Å². The van der Waals surface area contributed by atoms with Crippen molar-refractivity contribution in [3.05, 3.63) is 309 Å². The molecule has 0 radical (unpaired) electrons. The Bertz CT molecular complexity index is 7150. The number of amides is 4. The molecular weight excluding hydrogens is 2010 g/mol. The molecule has 4 aromatic heterocycles. The van der Waals surface area contributed by atoms with Gasteiger partial charge in [0.15, 0.2) is 5.03 Å². The van der Waals surface area contributed by atoms with Crippen LogP contribution < -0.4 is 45.6 Å². The fourth-order valence-electron chi connectivity index (χ4n) is 16.1. The first kappa shape index (κ1) is 114. The Hall–Kier alpha value is -12.6. The molecule has 0 saturated carbocycles. The van der Waals surface area contributed by atoms with Crippen molar-refractivity contribution in [3.8, 4) is 34.3 Å². The summed E-state index contributed by atoms with van der Waals surface area (Å²) >= 11 is 24.9. The summed E-state index contributed by atoms with van der Waals surface area (Å²) in [5.74, 6) is -0.158. The van der Waals surface area contributed by atoms with Gasteiger partial charge in [-0.25, -0.2) is 50.6 Å². The summed E-state index contributed by atoms with van der Waals surface area (Å²) in [4.78, 5) is 129. The normalized spacial score (nSPS) is 12.4. The van der Waals surface area contributed by atoms with Crippen LogP contribution >= 0.6 is 46.4 Å². The predicted molar refractivity (Wildman–Crippen MR) is 561 cm³/mol. The number of rotatable bonds is 45. The van der Waals surface area contributed by atoms with Gasteiger partial charge < -0.3 is 58.4 Å². The van der Waals surface area contributed by atoms with Gasteiger partial charge >= 0.3 is 6.18 Å². The average Bonchev–Trinajstić information content (AvgIpc) is 0.783. The third-order valence-corrected chi connectivity index (χ3v) is 27.6. The number of aromatic nitrogens is 8. The molecule has 0 aliphatic carbocycles. The Morgan fingerprint density at radius 1 is 0.432 bits per heavy atom. The number of para-hydroxylation sites is 3. The van der Waals surface area contributed by atoms with Gasteiger partial charge in [0.1, 0.15) is 40.5 Å². The lowest BCUT2D eigenvalue weighted by atomic mass is 10.0. The van der Waals surface area contributed by atoms with Crippen molar-refractivity contribution in [2.24, 2.45) is 7.05 Å². The third-order valence-electron chi connectivity index (χ3n) is 23.3. The molecule has 0 saturated heterocycles. The molecule has 146 heavy (non-hydrogen) atoms. The molecule has 0 spiro atoms. The minimum Gasteiger partial charge on any atom is -0.494 e. The highest BCUT2D eigenvalue weighted by Gasteiger charge is 2.38. The zero-order valence-corrected chi connectivity index (χ0v) is 88.0. The number of halogens is 8. The number of nitrogens with zero attached hydrogens (tertiary/aromatic N) is 15. The monoisotopic (exact) mass is 2120 g/mol. The van der Waals surface area contributed by atoms with Crippen LogP contribution in [0.5, 0.6) is 17.2 Å². The van der Waals surface area contributed by atoms with Crippen LogP contribution in [0.15, 0.2) is 232 Å². The minimum atomic E-state index is -4.93. The number of sulfonamides is 2. The van der Waals surface area contributed by atoms with Crippen molar-refractivity contribution in [1.82, 2.24) is 87.3 Å². The number of carbonyl (C=O) groups is 4. The number of nitrogens with one attached hydrogen (secondary N) is 3. The Morgan fingerprint density at radius 3 is 1.09 bits per heavy atom. The van der Waals surface area contributed by atoms with E-state index in [-0.39, 0.29) is 121 Å². The molecule has 0 fully saturated rings. The van der Waals surface area contributed by atoms with Gasteiger partial charge in [-0.15, -0.1) is 0 Å². The number of aryl methyl sites for hydroxylation is 1. The van der Waals surface area contributed by atoms with Crippen molar-refractivity contribution in [2.75, 3.05) is 147 Å². The number of benzene rings is 9. The number of carbonyl (C=O) groups excluding carboxylic acids is 4. The second-order valence-corrected chi connectivity index (χ2v) is 40.7. The van der Waals surface area contributed by atoms with Gasteiger partial charge in [0.25, 0.3) is 26.7 Å². The highest BCUT2D eigenvalue weighted by molar-refractivity contribution is 7.89. The lowest BCUT2D eigenvalue weighted by Crippen LogP contribution is -2.44. The molecule has 3 atom stereocenters. The lowest BCUT2D eigenvalue weighted by Gasteiger charge is -2.34. The van der Waals surface area contributed by atoms with E-state index < -0.39 is 73.6 Å². The number of fused-ring (bicyclic) bond motifs is 3. The van der Waals surface area contributed by atoms with Gasteiger partial charge in [-0.05, 0) is 266 Å². The van der Waals surface area contributed by atoms with E-state index in [0.29, 0.717) is 169 Å². The van der Waals surface area contributed by atoms with E-state index in [9.17, 15) is 68.0 Å². The van der Waals surface area contributed by atoms with Crippen molar-refractivity contribution in [2.45, 2.75) is 95.5 Å². The standard InChI is InChI=1S/C36H39F4N7O5S.C35H42Cl2N6O4.C33H39Cl2N5O5S/c1-5-52-26-13-11-25(12-14-26)47-34(43-30-9-7-6-8-27(30)35(47)49)31(16-17-42-53(50,51)32-22-45(4)23-41-32)46(19-18-44(2)3)33(48)21-24-10-15-28(29(37)20-24)36(38,39)40;1-6-47-26-14-12-25(13-15-26)43-34(39-30-10-8-7-9-27(30)35(43)46)31(17-18-38-32(44)23-41(4)5)42(20-19-40(2)3)33(45)22-24-11-16-28(36)29(37)21-24;1-5-45-25-14-12-24(13-15-25)40-32(37-29-10-8-7-9-26(29)33(40)42)30(17-18-36-46(43,44)6-2)39(20-19-38(3)4)31(41)22-23-11-16-27(34)28(35)21-23/h6-15,20,22-23,31,42H,5,16-19,21H2,1-4H3;7-16,21,31H,6,17-20,22-23H2,1-5H3,(H,38,44);7-16,21,30,36H,5-6,17-20,22H2,1-4H3. The van der Waals surface area contributed by atoms with Gasteiger partial charge in [-0.2, -0.15) is 13.2 Å². The van der Waals surface area contributed by atoms with E-state index in [4.69, 9.17) is 75.6 Å². The van der Waals surface area contributed by atoms with Gasteiger partial charge in [0, 0.05) is 72.1 Å². The molecule has 4 heterocycles. The summed E-state index contributed by atoms with van der Waals surface area (Å²) in [5.41, 5.74) is 1.65. The Balaban J connectivity index is 0.000000209. The molecule has 0 bridgehead atoms. The van der Waals surface area contributed by atoms with E-state index in [1.54, 1.807) is 216 Å². The van der Waals surface area contributed by atoms with E-state index in [1.165, 1.54) is 31.1 Å². The van der Waals surface area contributed by atoms with Crippen molar-refractivity contribution >= 4 is 123 Å². The average molecular weight is 2130 g/mol. The smallest absolute Gasteiger partial charge is 0.419 e. The highest BCUT2D eigenvalue weighted by atomic mass is 35.5. The fourth-order valence-corrected chi connectivity index (χ4v) is 18.4. The molecule has 3 unspecified atom stereocenters. The molecule has 0 aliphatic rings. The highest BCUT2D eigenvalue weighted by Crippen LogP contribution is 2.37. The molecular formula is C104H120Cl4F4N18O14S2. The van der Waals surface area contributed by atoms with E-state index in [1.807, 2.05) is 91.1 Å². The quantitative estimate of drug-likeness (QED) is 0.0298. The van der Waals surface area contributed by atoms with Crippen LogP contribution in [0.25, 0.3) is 49.8 Å². The first-order valence-corrected chi connectivity index (χ1v) is 51.8. The Morgan fingerprint density at radius 2 is 0.774 bits per heavy atom. The second kappa shape index (κ2) is 52.7. The number of ether oxygens (including phenoxy) is 3. The largest absolute Gasteiger partial charge is 0.494 e. The Kier molecular flexibility index (Phi) is 41.0. The van der Waals surface area contributed by atoms with Crippen LogP contribution in [0.4, 0.5) is 17.6 Å². The predicted octanol–water partition coefficient (Wildman–Crippen LogP) is 14.6. The molecule has 32 nitrogen and oxygen atoms in total. The summed E-state index contributed by atoms with van der Waals surface area (Å²) in [6.45, 7) is 10.8. The van der Waals surface area contributed by atoms with Gasteiger partial charge in [-0.1, -0.05) is 101 Å². The van der Waals surface area contributed by atoms with Gasteiger partial charge in [0.2, 0.25) is 33.7 Å². The molecule has 13 rings (SSSR count). The Labute approximate surface area is 865 Å². The first-order valence-electron chi connectivity index (χ1n) is 47.2. The van der Waals surface area contributed by atoms with Crippen LogP contribution in [0.3, 0.4) is 0 Å². The van der Waals surface area contributed by atoms with Crippen molar-refractivity contribution < 1.29 is 67.8 Å². The zero-order valence-electron chi connectivity index (χ0n) is 83.3. The van der Waals surface area contributed by atoms with Crippen LogP contribution in [0, 0.1) is 5.82 Å². The van der Waals surface area contributed by atoms with E-state index in [0.717, 1.165) is 6.07 Å². The third kappa shape index (κ3) is 30.8. The van der Waals surface area contributed by atoms with Crippen LogP contribution in [0.1, 0.15) is 105 Å². The minimum absolute atomic E-state index is 0.00235. The molecule has 4 amide bonds.